The Morgan fingerprint density at radius 2 is 1.84 bits per heavy atom. The summed E-state index contributed by atoms with van der Waals surface area (Å²) in [5.41, 5.74) is -1.76. The van der Waals surface area contributed by atoms with Gasteiger partial charge in [-0.15, -0.1) is 11.6 Å². The number of halogens is 6. The molecule has 2 nitrogen and oxygen atoms in total. The molecule has 0 aliphatic carbocycles. The molecule has 1 aromatic carbocycles. The highest BCUT2D eigenvalue weighted by Gasteiger charge is 2.39. The highest BCUT2D eigenvalue weighted by Crippen LogP contribution is 2.36. The molecule has 0 fully saturated rings. The van der Waals surface area contributed by atoms with Crippen molar-refractivity contribution in [2.75, 3.05) is 0 Å². The smallest absolute Gasteiger partial charge is 0.218 e. The summed E-state index contributed by atoms with van der Waals surface area (Å²) in [4.78, 5) is 0. The first-order valence-electron chi connectivity index (χ1n) is 5.01. The predicted molar refractivity (Wildman–Crippen MR) is 63.1 cm³/mol. The number of hydrogen-bond acceptors (Lipinski definition) is 1. The van der Waals surface area contributed by atoms with E-state index in [0.29, 0.717) is 4.68 Å². The summed E-state index contributed by atoms with van der Waals surface area (Å²) in [6.45, 7) is 0. The van der Waals surface area contributed by atoms with E-state index in [2.05, 4.69) is 5.10 Å². The van der Waals surface area contributed by atoms with Crippen LogP contribution >= 0.6 is 23.2 Å². The van der Waals surface area contributed by atoms with Crippen LogP contribution in [-0.4, -0.2) is 9.78 Å². The molecule has 0 saturated heterocycles. The molecule has 2 aromatic rings. The quantitative estimate of drug-likeness (QED) is 0.593. The van der Waals surface area contributed by atoms with Crippen molar-refractivity contribution in [2.45, 2.75) is 12.1 Å². The second-order valence-corrected chi connectivity index (χ2v) is 4.24. The fourth-order valence-electron chi connectivity index (χ4n) is 1.56. The van der Waals surface area contributed by atoms with Gasteiger partial charge in [0.15, 0.2) is 5.69 Å². The fraction of sp³-hybridized carbons (Fsp3) is 0.182. The lowest BCUT2D eigenvalue weighted by Crippen LogP contribution is -2.09. The van der Waals surface area contributed by atoms with E-state index in [1.165, 1.54) is 18.2 Å². The second kappa shape index (κ2) is 5.02. The van der Waals surface area contributed by atoms with Crippen molar-refractivity contribution in [2.24, 2.45) is 0 Å². The zero-order valence-electron chi connectivity index (χ0n) is 9.18. The van der Waals surface area contributed by atoms with Crippen LogP contribution in [0.15, 0.2) is 24.3 Å². The monoisotopic (exact) mass is 312 g/mol. The van der Waals surface area contributed by atoms with Gasteiger partial charge in [-0.25, -0.2) is 9.07 Å². The third-order valence-corrected chi connectivity index (χ3v) is 3.06. The van der Waals surface area contributed by atoms with Crippen LogP contribution in [-0.2, 0) is 12.1 Å². The van der Waals surface area contributed by atoms with Crippen molar-refractivity contribution in [3.8, 4) is 5.69 Å². The summed E-state index contributed by atoms with van der Waals surface area (Å²) < 4.78 is 52.5. The molecule has 0 bridgehead atoms. The summed E-state index contributed by atoms with van der Waals surface area (Å²) in [7, 11) is 0. The van der Waals surface area contributed by atoms with E-state index < -0.39 is 23.6 Å². The van der Waals surface area contributed by atoms with Gasteiger partial charge < -0.3 is 0 Å². The Hall–Kier alpha value is -1.27. The number of aromatic nitrogens is 2. The fourth-order valence-corrected chi connectivity index (χ4v) is 2.17. The summed E-state index contributed by atoms with van der Waals surface area (Å²) in [6, 6.07) is 5.24. The lowest BCUT2D eigenvalue weighted by Gasteiger charge is -2.04. The van der Waals surface area contributed by atoms with Crippen molar-refractivity contribution in [1.29, 1.82) is 0 Å². The maximum Gasteiger partial charge on any atom is 0.435 e. The number of rotatable bonds is 2. The van der Waals surface area contributed by atoms with Gasteiger partial charge in [-0.1, -0.05) is 23.7 Å². The molecule has 0 N–H and O–H groups in total. The highest BCUT2D eigenvalue weighted by atomic mass is 35.5. The van der Waals surface area contributed by atoms with Gasteiger partial charge in [-0.3, -0.25) is 0 Å². The molecule has 0 atom stereocenters. The number of para-hydroxylation sites is 1. The molecule has 1 heterocycles. The Morgan fingerprint density at radius 3 is 2.32 bits per heavy atom. The van der Waals surface area contributed by atoms with Crippen LogP contribution in [0.2, 0.25) is 5.15 Å². The van der Waals surface area contributed by atoms with E-state index >= 15 is 0 Å². The number of hydrogen-bond donors (Lipinski definition) is 0. The summed E-state index contributed by atoms with van der Waals surface area (Å²) in [6.07, 6.45) is -4.70. The van der Waals surface area contributed by atoms with Crippen LogP contribution in [0.25, 0.3) is 5.69 Å². The van der Waals surface area contributed by atoms with Crippen LogP contribution in [0, 0.1) is 5.82 Å². The van der Waals surface area contributed by atoms with E-state index in [9.17, 15) is 17.6 Å². The number of benzene rings is 1. The minimum Gasteiger partial charge on any atom is -0.218 e. The average molecular weight is 313 g/mol. The normalized spacial score (nSPS) is 11.9. The first kappa shape index (κ1) is 14.1. The zero-order chi connectivity index (χ0) is 14.2. The number of alkyl halides is 4. The van der Waals surface area contributed by atoms with Crippen LogP contribution < -0.4 is 0 Å². The summed E-state index contributed by atoms with van der Waals surface area (Å²) in [5.74, 6) is -1.20. The van der Waals surface area contributed by atoms with E-state index in [0.717, 1.165) is 6.07 Å². The standard InChI is InChI=1S/C11H6Cl2F4N2/c12-5-6-9(11(15,16)17)18-19(10(6)13)8-4-2-1-3-7(8)14/h1-4H,5H2. The van der Waals surface area contributed by atoms with Gasteiger partial charge in [-0.2, -0.15) is 18.3 Å². The maximum atomic E-state index is 13.6. The molecular formula is C11H6Cl2F4N2. The van der Waals surface area contributed by atoms with Gasteiger partial charge >= 0.3 is 6.18 Å². The van der Waals surface area contributed by atoms with Crippen LogP contribution in [0.1, 0.15) is 11.3 Å². The van der Waals surface area contributed by atoms with Crippen molar-refractivity contribution >= 4 is 23.2 Å². The Balaban J connectivity index is 2.67. The molecule has 0 radical (unpaired) electrons. The maximum absolute atomic E-state index is 13.6. The first-order chi connectivity index (χ1) is 8.86. The molecule has 0 spiro atoms. The SMILES string of the molecule is Fc1ccccc1-n1nc(C(F)(F)F)c(CCl)c1Cl. The predicted octanol–water partition coefficient (Wildman–Crippen LogP) is 4.42. The van der Waals surface area contributed by atoms with Gasteiger partial charge in [-0.05, 0) is 12.1 Å². The Kier molecular flexibility index (Phi) is 3.73. The molecule has 0 unspecified atom stereocenters. The van der Waals surface area contributed by atoms with Gasteiger partial charge in [0.1, 0.15) is 16.7 Å². The lowest BCUT2D eigenvalue weighted by molar-refractivity contribution is -0.141. The Bertz CT molecular complexity index is 607. The van der Waals surface area contributed by atoms with Gasteiger partial charge in [0.25, 0.3) is 0 Å². The van der Waals surface area contributed by atoms with Gasteiger partial charge in [0.05, 0.1) is 5.88 Å². The van der Waals surface area contributed by atoms with Crippen LogP contribution in [0.4, 0.5) is 17.6 Å². The van der Waals surface area contributed by atoms with E-state index in [1.807, 2.05) is 0 Å². The van der Waals surface area contributed by atoms with E-state index in [-0.39, 0.29) is 16.4 Å². The molecule has 102 valence electrons. The molecule has 1 aromatic heterocycles. The Morgan fingerprint density at radius 1 is 1.21 bits per heavy atom. The van der Waals surface area contributed by atoms with Crippen LogP contribution in [0.5, 0.6) is 0 Å². The van der Waals surface area contributed by atoms with Crippen molar-refractivity contribution < 1.29 is 17.6 Å². The third kappa shape index (κ3) is 2.55. The molecule has 0 saturated carbocycles. The summed E-state index contributed by atoms with van der Waals surface area (Å²) in [5, 5.41) is 2.96. The topological polar surface area (TPSA) is 17.8 Å². The van der Waals surface area contributed by atoms with Gasteiger partial charge in [0.2, 0.25) is 0 Å². The third-order valence-electron chi connectivity index (χ3n) is 2.40. The largest absolute Gasteiger partial charge is 0.435 e. The lowest BCUT2D eigenvalue weighted by atomic mass is 10.2. The molecule has 0 amide bonds. The van der Waals surface area contributed by atoms with Crippen molar-refractivity contribution in [3.05, 3.63) is 46.5 Å². The van der Waals surface area contributed by atoms with Gasteiger partial charge in [0, 0.05) is 5.56 Å². The number of nitrogens with zero attached hydrogens (tertiary/aromatic N) is 2. The van der Waals surface area contributed by atoms with E-state index in [4.69, 9.17) is 23.2 Å². The Labute approximate surface area is 115 Å². The minimum absolute atomic E-state index is 0.172. The average Bonchev–Trinajstić information content (AvgIpc) is 2.67. The molecule has 8 heteroatoms. The van der Waals surface area contributed by atoms with E-state index in [1.54, 1.807) is 0 Å². The minimum atomic E-state index is -4.70. The van der Waals surface area contributed by atoms with Crippen LogP contribution in [0.3, 0.4) is 0 Å². The summed E-state index contributed by atoms with van der Waals surface area (Å²) >= 11 is 11.2. The molecule has 0 aliphatic rings. The first-order valence-corrected chi connectivity index (χ1v) is 5.93. The molecule has 19 heavy (non-hydrogen) atoms. The van der Waals surface area contributed by atoms with Crippen molar-refractivity contribution in [1.82, 2.24) is 9.78 Å². The molecule has 0 aliphatic heterocycles. The second-order valence-electron chi connectivity index (χ2n) is 3.61. The zero-order valence-corrected chi connectivity index (χ0v) is 10.7. The van der Waals surface area contributed by atoms with Crippen molar-refractivity contribution in [3.63, 3.8) is 0 Å². The molecule has 2 rings (SSSR count). The highest BCUT2D eigenvalue weighted by molar-refractivity contribution is 6.31. The molecular weight excluding hydrogens is 307 g/mol.